The van der Waals surface area contributed by atoms with Crippen molar-refractivity contribution in [1.29, 1.82) is 0 Å². The van der Waals surface area contributed by atoms with Gasteiger partial charge in [-0.25, -0.2) is 0 Å². The zero-order chi connectivity index (χ0) is 15.4. The average Bonchev–Trinajstić information content (AvgIpc) is 3.02. The van der Waals surface area contributed by atoms with Gasteiger partial charge in [0, 0.05) is 19.2 Å². The first kappa shape index (κ1) is 15.5. The van der Waals surface area contributed by atoms with E-state index in [1.165, 1.54) is 11.3 Å². The van der Waals surface area contributed by atoms with Gasteiger partial charge < -0.3 is 10.2 Å². The van der Waals surface area contributed by atoms with Gasteiger partial charge in [0.2, 0.25) is 0 Å². The van der Waals surface area contributed by atoms with Crippen LogP contribution in [0.3, 0.4) is 0 Å². The summed E-state index contributed by atoms with van der Waals surface area (Å²) in [6, 6.07) is 8.40. The largest absolute Gasteiger partial charge is 0.342 e. The highest BCUT2D eigenvalue weighted by molar-refractivity contribution is 7.12. The molecule has 0 bridgehead atoms. The SMILES string of the molecule is CCN(C)C(=O)c1ccc(Cl)c(NC(=O)c2cccs2)c1. The summed E-state index contributed by atoms with van der Waals surface area (Å²) < 4.78 is 0. The fourth-order valence-corrected chi connectivity index (χ4v) is 2.49. The van der Waals surface area contributed by atoms with Crippen LogP contribution in [0, 0.1) is 0 Å². The average molecular weight is 323 g/mol. The molecule has 2 aromatic rings. The normalized spacial score (nSPS) is 10.2. The molecular weight excluding hydrogens is 308 g/mol. The van der Waals surface area contributed by atoms with Crippen LogP contribution in [0.15, 0.2) is 35.7 Å². The van der Waals surface area contributed by atoms with E-state index in [0.717, 1.165) is 0 Å². The van der Waals surface area contributed by atoms with Crippen LogP contribution in [-0.4, -0.2) is 30.3 Å². The zero-order valence-electron chi connectivity index (χ0n) is 11.7. The Kier molecular flexibility index (Phi) is 4.98. The standard InChI is InChI=1S/C15H15ClN2O2S/c1-3-18(2)15(20)10-6-7-11(16)12(9-10)17-14(19)13-5-4-8-21-13/h4-9H,3H2,1-2H3,(H,17,19). The fraction of sp³-hybridized carbons (Fsp3) is 0.200. The second kappa shape index (κ2) is 6.74. The Morgan fingerprint density at radius 1 is 1.33 bits per heavy atom. The number of hydrogen-bond acceptors (Lipinski definition) is 3. The summed E-state index contributed by atoms with van der Waals surface area (Å²) in [5, 5.41) is 4.96. The second-order valence-electron chi connectivity index (χ2n) is 4.45. The monoisotopic (exact) mass is 322 g/mol. The number of halogens is 1. The third-order valence-electron chi connectivity index (χ3n) is 3.03. The van der Waals surface area contributed by atoms with Gasteiger partial charge >= 0.3 is 0 Å². The number of anilines is 1. The lowest BCUT2D eigenvalue weighted by Gasteiger charge is -2.15. The van der Waals surface area contributed by atoms with Gasteiger partial charge in [-0.15, -0.1) is 11.3 Å². The molecule has 0 radical (unpaired) electrons. The predicted molar refractivity (Wildman–Crippen MR) is 86.4 cm³/mol. The molecule has 0 aliphatic heterocycles. The molecule has 0 atom stereocenters. The molecule has 1 heterocycles. The summed E-state index contributed by atoms with van der Waals surface area (Å²) in [6.45, 7) is 2.51. The lowest BCUT2D eigenvalue weighted by Crippen LogP contribution is -2.26. The number of thiophene rings is 1. The summed E-state index contributed by atoms with van der Waals surface area (Å²) >= 11 is 7.43. The smallest absolute Gasteiger partial charge is 0.265 e. The van der Waals surface area contributed by atoms with Crippen molar-refractivity contribution in [2.45, 2.75) is 6.92 Å². The lowest BCUT2D eigenvalue weighted by atomic mass is 10.1. The molecule has 0 aliphatic carbocycles. The number of nitrogens with one attached hydrogen (secondary N) is 1. The highest BCUT2D eigenvalue weighted by Gasteiger charge is 2.14. The molecular formula is C15H15ClN2O2S. The topological polar surface area (TPSA) is 49.4 Å². The van der Waals surface area contributed by atoms with Crippen molar-refractivity contribution in [2.24, 2.45) is 0 Å². The second-order valence-corrected chi connectivity index (χ2v) is 5.80. The van der Waals surface area contributed by atoms with Crippen molar-refractivity contribution >= 4 is 40.4 Å². The van der Waals surface area contributed by atoms with Gasteiger partial charge in [-0.2, -0.15) is 0 Å². The molecule has 0 aliphatic rings. The van der Waals surface area contributed by atoms with Crippen LogP contribution in [0.2, 0.25) is 5.02 Å². The van der Waals surface area contributed by atoms with Gasteiger partial charge in [0.05, 0.1) is 15.6 Å². The molecule has 0 saturated heterocycles. The Bertz CT molecular complexity index is 656. The van der Waals surface area contributed by atoms with Crippen molar-refractivity contribution in [3.05, 3.63) is 51.2 Å². The molecule has 4 nitrogen and oxygen atoms in total. The van der Waals surface area contributed by atoms with Crippen LogP contribution in [0.25, 0.3) is 0 Å². The molecule has 1 N–H and O–H groups in total. The fourth-order valence-electron chi connectivity index (χ4n) is 1.71. The molecule has 0 fully saturated rings. The van der Waals surface area contributed by atoms with Crippen molar-refractivity contribution in [1.82, 2.24) is 4.90 Å². The van der Waals surface area contributed by atoms with Gasteiger partial charge in [-0.05, 0) is 36.6 Å². The van der Waals surface area contributed by atoms with Crippen LogP contribution in [-0.2, 0) is 0 Å². The maximum absolute atomic E-state index is 12.1. The van der Waals surface area contributed by atoms with E-state index < -0.39 is 0 Å². The van der Waals surface area contributed by atoms with E-state index in [-0.39, 0.29) is 11.8 Å². The summed E-state index contributed by atoms with van der Waals surface area (Å²) in [5.41, 5.74) is 0.927. The van der Waals surface area contributed by atoms with E-state index in [1.54, 1.807) is 42.3 Å². The molecule has 0 saturated carbocycles. The number of hydrogen-bond donors (Lipinski definition) is 1. The van der Waals surface area contributed by atoms with E-state index in [2.05, 4.69) is 5.32 Å². The zero-order valence-corrected chi connectivity index (χ0v) is 13.3. The molecule has 2 rings (SSSR count). The number of nitrogens with zero attached hydrogens (tertiary/aromatic N) is 1. The number of amides is 2. The summed E-state index contributed by atoms with van der Waals surface area (Å²) in [5.74, 6) is -0.346. The minimum absolute atomic E-state index is 0.110. The highest BCUT2D eigenvalue weighted by Crippen LogP contribution is 2.25. The first-order chi connectivity index (χ1) is 10.0. The van der Waals surface area contributed by atoms with E-state index in [9.17, 15) is 9.59 Å². The Morgan fingerprint density at radius 3 is 2.71 bits per heavy atom. The minimum atomic E-state index is -0.236. The van der Waals surface area contributed by atoms with E-state index in [1.807, 2.05) is 12.3 Å². The minimum Gasteiger partial charge on any atom is -0.342 e. The number of rotatable bonds is 4. The molecule has 21 heavy (non-hydrogen) atoms. The van der Waals surface area contributed by atoms with Crippen molar-refractivity contribution in [3.8, 4) is 0 Å². The van der Waals surface area contributed by atoms with Gasteiger partial charge in [-0.1, -0.05) is 17.7 Å². The molecule has 6 heteroatoms. The summed E-state index contributed by atoms with van der Waals surface area (Å²) in [7, 11) is 1.72. The molecule has 0 spiro atoms. The van der Waals surface area contributed by atoms with E-state index in [0.29, 0.717) is 27.7 Å². The number of carbonyl (C=O) groups excluding carboxylic acids is 2. The maximum atomic E-state index is 12.1. The highest BCUT2D eigenvalue weighted by atomic mass is 35.5. The van der Waals surface area contributed by atoms with Crippen LogP contribution < -0.4 is 5.32 Å². The molecule has 0 unspecified atom stereocenters. The quantitative estimate of drug-likeness (QED) is 0.932. The Morgan fingerprint density at radius 2 is 2.10 bits per heavy atom. The lowest BCUT2D eigenvalue weighted by molar-refractivity contribution is 0.0802. The molecule has 1 aromatic heterocycles. The van der Waals surface area contributed by atoms with Gasteiger partial charge in [-0.3, -0.25) is 9.59 Å². The Balaban J connectivity index is 2.23. The Hall–Kier alpha value is -1.85. The van der Waals surface area contributed by atoms with Gasteiger partial charge in [0.25, 0.3) is 11.8 Å². The van der Waals surface area contributed by atoms with Gasteiger partial charge in [0.1, 0.15) is 0 Å². The first-order valence-corrected chi connectivity index (χ1v) is 7.68. The molecule has 1 aromatic carbocycles. The van der Waals surface area contributed by atoms with Crippen LogP contribution in [0.5, 0.6) is 0 Å². The predicted octanol–water partition coefficient (Wildman–Crippen LogP) is 3.75. The maximum Gasteiger partial charge on any atom is 0.265 e. The molecule has 2 amide bonds. The summed E-state index contributed by atoms with van der Waals surface area (Å²) in [4.78, 5) is 26.4. The van der Waals surface area contributed by atoms with E-state index >= 15 is 0 Å². The number of carbonyl (C=O) groups is 2. The summed E-state index contributed by atoms with van der Waals surface area (Å²) in [6.07, 6.45) is 0. The van der Waals surface area contributed by atoms with E-state index in [4.69, 9.17) is 11.6 Å². The number of benzene rings is 1. The third-order valence-corrected chi connectivity index (χ3v) is 4.23. The van der Waals surface area contributed by atoms with Crippen molar-refractivity contribution < 1.29 is 9.59 Å². The van der Waals surface area contributed by atoms with Crippen molar-refractivity contribution in [2.75, 3.05) is 18.9 Å². The molecule has 110 valence electrons. The Labute approximate surface area is 132 Å². The van der Waals surface area contributed by atoms with Crippen LogP contribution in [0.4, 0.5) is 5.69 Å². The van der Waals surface area contributed by atoms with Crippen LogP contribution >= 0.6 is 22.9 Å². The van der Waals surface area contributed by atoms with Gasteiger partial charge in [0.15, 0.2) is 0 Å². The third kappa shape index (κ3) is 3.62. The van der Waals surface area contributed by atoms with Crippen LogP contribution in [0.1, 0.15) is 27.0 Å². The van der Waals surface area contributed by atoms with Crippen molar-refractivity contribution in [3.63, 3.8) is 0 Å². The first-order valence-electron chi connectivity index (χ1n) is 6.42.